The summed E-state index contributed by atoms with van der Waals surface area (Å²) in [6, 6.07) is 0. The molecule has 0 unspecified atom stereocenters. The maximum atomic E-state index is 7.56. The molecule has 0 aliphatic carbocycles. The first-order valence-corrected chi connectivity index (χ1v) is 12.3. The second-order valence-corrected chi connectivity index (χ2v) is 9.14. The molecule has 0 atom stereocenters. The molecule has 0 spiro atoms. The molecule has 0 amide bonds. The molecule has 6 N–H and O–H groups in total. The van der Waals surface area contributed by atoms with E-state index in [1.807, 2.05) is 0 Å². The van der Waals surface area contributed by atoms with E-state index in [0.29, 0.717) is 0 Å². The molecule has 0 saturated carbocycles. The van der Waals surface area contributed by atoms with Gasteiger partial charge in [0, 0.05) is 0 Å². The van der Waals surface area contributed by atoms with Crippen molar-refractivity contribution in [1.82, 2.24) is 0 Å². The Hall–Kier alpha value is 1.68. The van der Waals surface area contributed by atoms with E-state index < -0.39 is 13.4 Å². The van der Waals surface area contributed by atoms with Crippen LogP contribution >= 0.6 is 13.4 Å². The molecule has 0 heterocycles. The standard InChI is InChI=1S/C8H17.C4H9.2H3O3PS.Zn/c1-3-5-7-8-6-4-2;1-3-4-2;2*1-4(2,3)5;/h1,3-8H2,2H3;1,3-4H2,2H3;2*(H3,1,2,3,5);/q2*-1;;;+2. The Balaban J connectivity index is -0.0000000641. The summed E-state index contributed by atoms with van der Waals surface area (Å²) < 4.78 is 0. The Morgan fingerprint density at radius 1 is 0.652 bits per heavy atom. The maximum absolute atomic E-state index is 7.56. The Morgan fingerprint density at radius 2 is 0.913 bits per heavy atom. The number of unbranched alkanes of at least 4 members (excludes halogenated alkanes) is 6. The molecule has 0 aromatic rings. The van der Waals surface area contributed by atoms with Crippen LogP contribution in [0.15, 0.2) is 0 Å². The second-order valence-electron chi connectivity index (χ2n) is 4.15. The molecule has 140 valence electrons. The first-order valence-electron chi connectivity index (χ1n) is 6.98. The summed E-state index contributed by atoms with van der Waals surface area (Å²) in [4.78, 5) is 45.3. The van der Waals surface area contributed by atoms with Crippen molar-refractivity contribution in [2.45, 2.75) is 65.2 Å². The molecular formula is C12H32O6P2S2Zn. The quantitative estimate of drug-likeness (QED) is 0.154. The van der Waals surface area contributed by atoms with E-state index in [0.717, 1.165) is 12.8 Å². The van der Waals surface area contributed by atoms with Crippen molar-refractivity contribution in [1.29, 1.82) is 0 Å². The fourth-order valence-corrected chi connectivity index (χ4v) is 0.780. The van der Waals surface area contributed by atoms with Gasteiger partial charge in [0.25, 0.3) is 0 Å². The molecule has 0 aliphatic heterocycles. The minimum atomic E-state index is -3.81. The summed E-state index contributed by atoms with van der Waals surface area (Å²) in [7, 11) is 0. The molecule has 11 heteroatoms. The zero-order valence-corrected chi connectivity index (χ0v) is 20.6. The molecule has 0 saturated heterocycles. The monoisotopic (exact) mass is 462 g/mol. The largest absolute Gasteiger partial charge is 2.00 e. The second kappa shape index (κ2) is 25.9. The van der Waals surface area contributed by atoms with E-state index in [1.165, 1.54) is 38.5 Å². The third-order valence-electron chi connectivity index (χ3n) is 1.71. The third kappa shape index (κ3) is 189. The van der Waals surface area contributed by atoms with Gasteiger partial charge in [-0.2, -0.15) is 12.8 Å². The van der Waals surface area contributed by atoms with Gasteiger partial charge in [-0.05, 0) is 23.6 Å². The van der Waals surface area contributed by atoms with Crippen molar-refractivity contribution in [3.63, 3.8) is 0 Å². The van der Waals surface area contributed by atoms with Crippen LogP contribution in [-0.2, 0) is 43.1 Å². The first kappa shape index (κ1) is 35.7. The maximum Gasteiger partial charge on any atom is 2.00 e. The summed E-state index contributed by atoms with van der Waals surface area (Å²) in [5.74, 6) is 0. The molecule has 0 rings (SSSR count). The average molecular weight is 464 g/mol. The Morgan fingerprint density at radius 3 is 1.09 bits per heavy atom. The molecule has 0 aromatic carbocycles. The normalized spacial score (nSPS) is 9.83. The van der Waals surface area contributed by atoms with Crippen molar-refractivity contribution in [2.24, 2.45) is 0 Å². The zero-order valence-electron chi connectivity index (χ0n) is 14.2. The first-order chi connectivity index (χ1) is 9.83. The van der Waals surface area contributed by atoms with Gasteiger partial charge in [-0.3, -0.25) is 0 Å². The van der Waals surface area contributed by atoms with Crippen LogP contribution < -0.4 is 0 Å². The van der Waals surface area contributed by atoms with Gasteiger partial charge in [-0.1, -0.05) is 52.4 Å². The van der Waals surface area contributed by atoms with Crippen LogP contribution in [-0.4, -0.2) is 29.4 Å². The van der Waals surface area contributed by atoms with E-state index in [1.54, 1.807) is 0 Å². The van der Waals surface area contributed by atoms with E-state index in [-0.39, 0.29) is 19.5 Å². The molecule has 23 heavy (non-hydrogen) atoms. The number of hydrogen-bond acceptors (Lipinski definition) is 2. The van der Waals surface area contributed by atoms with Gasteiger partial charge in [0.1, 0.15) is 0 Å². The average Bonchev–Trinajstić information content (AvgIpc) is 2.31. The predicted octanol–water partition coefficient (Wildman–Crippen LogP) is 3.17. The summed E-state index contributed by atoms with van der Waals surface area (Å²) in [6.07, 6.45) is 10.3. The third-order valence-corrected chi connectivity index (χ3v) is 1.71. The van der Waals surface area contributed by atoms with Gasteiger partial charge in [0.05, 0.1) is 0 Å². The van der Waals surface area contributed by atoms with E-state index in [4.69, 9.17) is 29.4 Å². The molecule has 0 fully saturated rings. The van der Waals surface area contributed by atoms with Crippen LogP contribution in [0.1, 0.15) is 65.2 Å². The fraction of sp³-hybridized carbons (Fsp3) is 0.833. The Kier molecular flexibility index (Phi) is 40.3. The zero-order chi connectivity index (χ0) is 18.7. The summed E-state index contributed by atoms with van der Waals surface area (Å²) in [5.41, 5.74) is 0. The van der Waals surface area contributed by atoms with Crippen LogP contribution in [0.2, 0.25) is 0 Å². The van der Waals surface area contributed by atoms with E-state index in [9.17, 15) is 0 Å². The van der Waals surface area contributed by atoms with Gasteiger partial charge in [-0.25, -0.2) is 0 Å². The van der Waals surface area contributed by atoms with E-state index in [2.05, 4.69) is 51.3 Å². The SMILES string of the molecule is OP(O)(O)=S.OP(O)(O)=S.[CH2-]CCC.[CH2-]CCCCCCC.[Zn+2]. The van der Waals surface area contributed by atoms with Crippen LogP contribution in [0.3, 0.4) is 0 Å². The van der Waals surface area contributed by atoms with Crippen LogP contribution in [0.4, 0.5) is 0 Å². The Labute approximate surface area is 164 Å². The van der Waals surface area contributed by atoms with Crippen molar-refractivity contribution < 1.29 is 48.8 Å². The number of hydrogen-bond donors (Lipinski definition) is 6. The molecule has 0 aromatic heterocycles. The van der Waals surface area contributed by atoms with Crippen molar-refractivity contribution in [2.75, 3.05) is 0 Å². The predicted molar refractivity (Wildman–Crippen MR) is 101 cm³/mol. The van der Waals surface area contributed by atoms with Crippen LogP contribution in [0.25, 0.3) is 0 Å². The van der Waals surface area contributed by atoms with Crippen LogP contribution in [0, 0.1) is 13.8 Å². The van der Waals surface area contributed by atoms with Crippen molar-refractivity contribution in [3.8, 4) is 0 Å². The van der Waals surface area contributed by atoms with Gasteiger partial charge in [-0.15, -0.1) is 0 Å². The van der Waals surface area contributed by atoms with Crippen molar-refractivity contribution >= 4 is 37.1 Å². The molecule has 0 aliphatic rings. The smallest absolute Gasteiger partial charge is 0.343 e. The molecule has 0 bridgehead atoms. The summed E-state index contributed by atoms with van der Waals surface area (Å²) in [5, 5.41) is 0. The Bertz CT molecular complexity index is 242. The van der Waals surface area contributed by atoms with Crippen LogP contribution in [0.5, 0.6) is 0 Å². The minimum Gasteiger partial charge on any atom is -0.343 e. The molecule has 6 nitrogen and oxygen atoms in total. The van der Waals surface area contributed by atoms with Gasteiger partial charge in [0.2, 0.25) is 0 Å². The van der Waals surface area contributed by atoms with Gasteiger partial charge in [0.15, 0.2) is 0 Å². The molecule has 0 radical (unpaired) electrons. The fourth-order valence-electron chi connectivity index (χ4n) is 0.780. The topological polar surface area (TPSA) is 121 Å². The van der Waals surface area contributed by atoms with Gasteiger partial charge >= 0.3 is 32.9 Å². The number of rotatable bonds is 6. The summed E-state index contributed by atoms with van der Waals surface area (Å²) in [6.45, 7) is 4.13. The minimum absolute atomic E-state index is 0. The van der Waals surface area contributed by atoms with Crippen molar-refractivity contribution in [3.05, 3.63) is 13.8 Å². The van der Waals surface area contributed by atoms with Gasteiger partial charge < -0.3 is 43.2 Å². The molecular weight excluding hydrogens is 432 g/mol. The summed E-state index contributed by atoms with van der Waals surface area (Å²) >= 11 is 7.21. The van der Waals surface area contributed by atoms with E-state index >= 15 is 0 Å².